The van der Waals surface area contributed by atoms with Crippen LogP contribution < -0.4 is 16.0 Å². The lowest BCUT2D eigenvalue weighted by Crippen LogP contribution is -2.34. The lowest BCUT2D eigenvalue weighted by atomic mass is 9.99. The number of hydrogen-bond donors (Lipinski definition) is 2. The predicted octanol–water partition coefficient (Wildman–Crippen LogP) is 3.48. The van der Waals surface area contributed by atoms with Crippen LogP contribution in [-0.2, 0) is 11.3 Å². The summed E-state index contributed by atoms with van der Waals surface area (Å²) in [4.78, 5) is 19.1. The van der Waals surface area contributed by atoms with Crippen molar-refractivity contribution in [2.24, 2.45) is 11.7 Å². The number of halogens is 2. The molecule has 0 radical (unpaired) electrons. The molecule has 0 spiro atoms. The number of anilines is 1. The SMILES string of the molecule is CC1CCN(c2ccc(CNC(=O)C(N)c3ccccc3)cn2)CC1.Cl.Cl. The second-order valence-electron chi connectivity index (χ2n) is 6.80. The van der Waals surface area contributed by atoms with E-state index in [-0.39, 0.29) is 30.7 Å². The molecule has 1 atom stereocenters. The van der Waals surface area contributed by atoms with Crippen molar-refractivity contribution in [2.75, 3.05) is 18.0 Å². The van der Waals surface area contributed by atoms with Gasteiger partial charge in [0.15, 0.2) is 0 Å². The average molecular weight is 411 g/mol. The Morgan fingerprint density at radius 2 is 1.85 bits per heavy atom. The minimum Gasteiger partial charge on any atom is -0.357 e. The molecule has 27 heavy (non-hydrogen) atoms. The Balaban J connectivity index is 0.00000182. The predicted molar refractivity (Wildman–Crippen MR) is 115 cm³/mol. The van der Waals surface area contributed by atoms with Crippen molar-refractivity contribution in [3.05, 3.63) is 59.8 Å². The topological polar surface area (TPSA) is 71.2 Å². The minimum absolute atomic E-state index is 0. The largest absolute Gasteiger partial charge is 0.357 e. The van der Waals surface area contributed by atoms with Gasteiger partial charge in [0.05, 0.1) is 0 Å². The van der Waals surface area contributed by atoms with Gasteiger partial charge in [-0.1, -0.05) is 43.3 Å². The molecule has 1 fully saturated rings. The van der Waals surface area contributed by atoms with Crippen LogP contribution in [0.4, 0.5) is 5.82 Å². The number of benzene rings is 1. The molecule has 1 aliphatic rings. The van der Waals surface area contributed by atoms with Crippen molar-refractivity contribution in [3.8, 4) is 0 Å². The number of carbonyl (C=O) groups excluding carboxylic acids is 1. The Hall–Kier alpha value is -1.82. The van der Waals surface area contributed by atoms with Gasteiger partial charge in [-0.15, -0.1) is 24.8 Å². The maximum atomic E-state index is 12.2. The van der Waals surface area contributed by atoms with E-state index in [0.29, 0.717) is 6.54 Å². The molecule has 5 nitrogen and oxygen atoms in total. The van der Waals surface area contributed by atoms with Gasteiger partial charge in [0, 0.05) is 25.8 Å². The summed E-state index contributed by atoms with van der Waals surface area (Å²) < 4.78 is 0. The van der Waals surface area contributed by atoms with Gasteiger partial charge in [0.25, 0.3) is 0 Å². The highest BCUT2D eigenvalue weighted by Crippen LogP contribution is 2.21. The molecule has 1 aromatic heterocycles. The van der Waals surface area contributed by atoms with Crippen LogP contribution in [0.15, 0.2) is 48.7 Å². The third-order valence-electron chi connectivity index (χ3n) is 4.82. The van der Waals surface area contributed by atoms with Crippen molar-refractivity contribution in [1.82, 2.24) is 10.3 Å². The molecule has 1 amide bonds. The van der Waals surface area contributed by atoms with Crippen LogP contribution in [0.3, 0.4) is 0 Å². The van der Waals surface area contributed by atoms with Crippen molar-refractivity contribution in [1.29, 1.82) is 0 Å². The quantitative estimate of drug-likeness (QED) is 0.791. The lowest BCUT2D eigenvalue weighted by molar-refractivity contribution is -0.122. The van der Waals surface area contributed by atoms with Crippen LogP contribution in [0.25, 0.3) is 0 Å². The molecule has 2 heterocycles. The molecular weight excluding hydrogens is 383 g/mol. The maximum Gasteiger partial charge on any atom is 0.241 e. The fourth-order valence-electron chi connectivity index (χ4n) is 3.06. The van der Waals surface area contributed by atoms with Gasteiger partial charge >= 0.3 is 0 Å². The van der Waals surface area contributed by atoms with Crippen LogP contribution in [0, 0.1) is 5.92 Å². The summed E-state index contributed by atoms with van der Waals surface area (Å²) >= 11 is 0. The maximum absolute atomic E-state index is 12.2. The van der Waals surface area contributed by atoms with Crippen molar-refractivity contribution < 1.29 is 4.79 Å². The summed E-state index contributed by atoms with van der Waals surface area (Å²) in [6.45, 7) is 4.87. The summed E-state index contributed by atoms with van der Waals surface area (Å²) in [5.74, 6) is 1.64. The Morgan fingerprint density at radius 3 is 2.44 bits per heavy atom. The molecule has 1 unspecified atom stereocenters. The lowest BCUT2D eigenvalue weighted by Gasteiger charge is -2.31. The Bertz CT molecular complexity index is 689. The van der Waals surface area contributed by atoms with Crippen LogP contribution >= 0.6 is 24.8 Å². The Labute approximate surface area is 173 Å². The number of nitrogens with zero attached hydrogens (tertiary/aromatic N) is 2. The number of carbonyl (C=O) groups is 1. The number of rotatable bonds is 5. The van der Waals surface area contributed by atoms with Gasteiger partial charge in [-0.25, -0.2) is 4.98 Å². The number of aromatic nitrogens is 1. The summed E-state index contributed by atoms with van der Waals surface area (Å²) in [6, 6.07) is 12.8. The molecule has 1 aromatic carbocycles. The van der Waals surface area contributed by atoms with E-state index in [0.717, 1.165) is 36.0 Å². The van der Waals surface area contributed by atoms with Gasteiger partial charge < -0.3 is 16.0 Å². The van der Waals surface area contributed by atoms with Crippen LogP contribution in [0.1, 0.15) is 36.9 Å². The smallest absolute Gasteiger partial charge is 0.241 e. The Morgan fingerprint density at radius 1 is 1.19 bits per heavy atom. The van der Waals surface area contributed by atoms with E-state index in [4.69, 9.17) is 5.73 Å². The van der Waals surface area contributed by atoms with Crippen molar-refractivity contribution >= 4 is 36.5 Å². The summed E-state index contributed by atoms with van der Waals surface area (Å²) in [7, 11) is 0. The number of nitrogens with two attached hydrogens (primary N) is 1. The van der Waals surface area contributed by atoms with Gasteiger partial charge in [0.1, 0.15) is 11.9 Å². The van der Waals surface area contributed by atoms with Gasteiger partial charge in [-0.05, 0) is 36.0 Å². The van der Waals surface area contributed by atoms with E-state index >= 15 is 0 Å². The van der Waals surface area contributed by atoms with Gasteiger partial charge in [-0.3, -0.25) is 4.79 Å². The van der Waals surface area contributed by atoms with Crippen molar-refractivity contribution in [3.63, 3.8) is 0 Å². The van der Waals surface area contributed by atoms with Crippen LogP contribution in [-0.4, -0.2) is 24.0 Å². The van der Waals surface area contributed by atoms with Gasteiger partial charge in [0.2, 0.25) is 5.91 Å². The highest BCUT2D eigenvalue weighted by molar-refractivity contribution is 5.85. The molecule has 1 aliphatic heterocycles. The average Bonchev–Trinajstić information content (AvgIpc) is 2.67. The molecule has 3 rings (SSSR count). The molecule has 1 saturated heterocycles. The minimum atomic E-state index is -0.649. The zero-order chi connectivity index (χ0) is 17.6. The first-order valence-electron chi connectivity index (χ1n) is 8.91. The number of hydrogen-bond acceptors (Lipinski definition) is 4. The van der Waals surface area contributed by atoms with E-state index < -0.39 is 6.04 Å². The molecular formula is C20H28Cl2N4O. The second kappa shape index (κ2) is 11.1. The zero-order valence-corrected chi connectivity index (χ0v) is 17.1. The highest BCUT2D eigenvalue weighted by Gasteiger charge is 2.17. The normalized spacial score (nSPS) is 15.3. The molecule has 0 aliphatic carbocycles. The van der Waals surface area contributed by atoms with Crippen LogP contribution in [0.5, 0.6) is 0 Å². The summed E-state index contributed by atoms with van der Waals surface area (Å²) in [6.07, 6.45) is 4.27. The standard InChI is InChI=1S/C20H26N4O.2ClH/c1-15-9-11-24(12-10-15)18-8-7-16(13-22-18)14-23-20(25)19(21)17-5-3-2-4-6-17;;/h2-8,13,15,19H,9-12,14,21H2,1H3,(H,23,25);2*1H. The summed E-state index contributed by atoms with van der Waals surface area (Å²) in [5, 5.41) is 2.88. The molecule has 148 valence electrons. The summed E-state index contributed by atoms with van der Waals surface area (Å²) in [5.41, 5.74) is 7.79. The molecule has 0 bridgehead atoms. The number of pyridine rings is 1. The number of nitrogens with one attached hydrogen (secondary N) is 1. The third kappa shape index (κ3) is 6.38. The van der Waals surface area contributed by atoms with Crippen LogP contribution in [0.2, 0.25) is 0 Å². The highest BCUT2D eigenvalue weighted by atomic mass is 35.5. The van der Waals surface area contributed by atoms with Gasteiger partial charge in [-0.2, -0.15) is 0 Å². The fraction of sp³-hybridized carbons (Fsp3) is 0.400. The Kier molecular flexibility index (Phi) is 9.56. The fourth-order valence-corrected chi connectivity index (χ4v) is 3.06. The molecule has 7 heteroatoms. The van der Waals surface area contributed by atoms with E-state index in [1.54, 1.807) is 0 Å². The van der Waals surface area contributed by atoms with E-state index in [9.17, 15) is 4.79 Å². The first-order valence-corrected chi connectivity index (χ1v) is 8.91. The zero-order valence-electron chi connectivity index (χ0n) is 15.5. The van der Waals surface area contributed by atoms with E-state index in [1.165, 1.54) is 12.8 Å². The van der Waals surface area contributed by atoms with E-state index in [2.05, 4.69) is 22.1 Å². The first-order chi connectivity index (χ1) is 12.1. The molecule has 3 N–H and O–H groups in total. The number of piperidine rings is 1. The third-order valence-corrected chi connectivity index (χ3v) is 4.82. The monoisotopic (exact) mass is 410 g/mol. The first kappa shape index (κ1) is 23.2. The molecule has 2 aromatic rings. The number of amides is 1. The molecule has 0 saturated carbocycles. The van der Waals surface area contributed by atoms with Crippen molar-refractivity contribution in [2.45, 2.75) is 32.4 Å². The second-order valence-corrected chi connectivity index (χ2v) is 6.80. The van der Waals surface area contributed by atoms with E-state index in [1.807, 2.05) is 48.7 Å².